The third-order valence-corrected chi connectivity index (χ3v) is 3.61. The normalized spacial score (nSPS) is 12.0. The predicted molar refractivity (Wildman–Crippen MR) is 68.4 cm³/mol. The molecular formula is C8H11BrClF2N3O2S. The van der Waals surface area contributed by atoms with Gasteiger partial charge in [-0.15, -0.1) is 12.4 Å². The fraction of sp³-hybridized carbons (Fsp3) is 0.375. The molecule has 104 valence electrons. The summed E-state index contributed by atoms with van der Waals surface area (Å²) in [6.07, 6.45) is 2.45. The maximum Gasteiger partial charge on any atom is 0.273 e. The molecule has 0 bridgehead atoms. The number of nitrogens with zero attached hydrogens (tertiary/aromatic N) is 1. The third kappa shape index (κ3) is 5.11. The Labute approximate surface area is 118 Å². The lowest BCUT2D eigenvalue weighted by Crippen LogP contribution is -2.41. The minimum atomic E-state index is -4.00. The zero-order chi connectivity index (χ0) is 13.1. The Hall–Kier alpha value is -0.350. The lowest BCUT2D eigenvalue weighted by Gasteiger charge is -2.14. The van der Waals surface area contributed by atoms with Gasteiger partial charge >= 0.3 is 0 Å². The highest BCUT2D eigenvalue weighted by Crippen LogP contribution is 2.15. The number of sulfonamides is 1. The van der Waals surface area contributed by atoms with Crippen LogP contribution in [0.15, 0.2) is 27.8 Å². The number of rotatable bonds is 5. The van der Waals surface area contributed by atoms with Crippen molar-refractivity contribution in [1.29, 1.82) is 0 Å². The molecule has 0 atom stereocenters. The Morgan fingerprint density at radius 3 is 2.56 bits per heavy atom. The van der Waals surface area contributed by atoms with Gasteiger partial charge in [-0.2, -0.15) is 0 Å². The molecule has 3 N–H and O–H groups in total. The SMILES string of the molecule is Cl.NCC(F)(F)CNS(=O)(=O)c1cncc(Br)c1. The van der Waals surface area contributed by atoms with Gasteiger partial charge in [0.25, 0.3) is 5.92 Å². The van der Waals surface area contributed by atoms with Crippen LogP contribution < -0.4 is 10.5 Å². The molecule has 5 nitrogen and oxygen atoms in total. The van der Waals surface area contributed by atoms with Gasteiger partial charge in [0.2, 0.25) is 10.0 Å². The van der Waals surface area contributed by atoms with Crippen LogP contribution in [0.4, 0.5) is 8.78 Å². The fourth-order valence-electron chi connectivity index (χ4n) is 0.895. The molecule has 0 aliphatic heterocycles. The largest absolute Gasteiger partial charge is 0.325 e. The first kappa shape index (κ1) is 17.6. The van der Waals surface area contributed by atoms with Crippen molar-refractivity contribution in [3.63, 3.8) is 0 Å². The zero-order valence-corrected chi connectivity index (χ0v) is 12.2. The van der Waals surface area contributed by atoms with Gasteiger partial charge in [0.15, 0.2) is 0 Å². The van der Waals surface area contributed by atoms with Gasteiger partial charge < -0.3 is 5.73 Å². The van der Waals surface area contributed by atoms with Crippen LogP contribution in [0.3, 0.4) is 0 Å². The van der Waals surface area contributed by atoms with E-state index in [1.807, 2.05) is 0 Å². The van der Waals surface area contributed by atoms with Gasteiger partial charge in [-0.25, -0.2) is 21.9 Å². The van der Waals surface area contributed by atoms with Gasteiger partial charge in [-0.05, 0) is 22.0 Å². The van der Waals surface area contributed by atoms with Crippen LogP contribution in [0.5, 0.6) is 0 Å². The smallest absolute Gasteiger partial charge is 0.273 e. The van der Waals surface area contributed by atoms with E-state index in [4.69, 9.17) is 5.73 Å². The van der Waals surface area contributed by atoms with Crippen LogP contribution in [-0.4, -0.2) is 32.4 Å². The van der Waals surface area contributed by atoms with E-state index >= 15 is 0 Å². The van der Waals surface area contributed by atoms with E-state index in [9.17, 15) is 17.2 Å². The number of hydrogen-bond acceptors (Lipinski definition) is 4. The summed E-state index contributed by atoms with van der Waals surface area (Å²) in [5.41, 5.74) is 4.79. The molecule has 1 heterocycles. The van der Waals surface area contributed by atoms with E-state index in [2.05, 4.69) is 20.9 Å². The first-order chi connectivity index (χ1) is 7.77. The molecule has 0 spiro atoms. The summed E-state index contributed by atoms with van der Waals surface area (Å²) in [4.78, 5) is 3.44. The number of pyridine rings is 1. The number of halogens is 4. The average molecular weight is 367 g/mol. The maximum absolute atomic E-state index is 12.8. The van der Waals surface area contributed by atoms with Crippen molar-refractivity contribution in [2.75, 3.05) is 13.1 Å². The standard InChI is InChI=1S/C8H10BrF2N3O2S.ClH/c9-6-1-7(3-13-2-6)17(15,16)14-5-8(10,11)4-12;/h1-3,14H,4-5,12H2;1H. The maximum atomic E-state index is 12.8. The van der Waals surface area contributed by atoms with Crippen molar-refractivity contribution in [3.8, 4) is 0 Å². The average Bonchev–Trinajstić information content (AvgIpc) is 2.27. The number of hydrogen-bond donors (Lipinski definition) is 2. The minimum absolute atomic E-state index is 0. The second kappa shape index (κ2) is 6.71. The fourth-order valence-corrected chi connectivity index (χ4v) is 2.46. The van der Waals surface area contributed by atoms with Crippen molar-refractivity contribution in [2.24, 2.45) is 5.73 Å². The molecule has 0 unspecified atom stereocenters. The second-order valence-electron chi connectivity index (χ2n) is 3.22. The summed E-state index contributed by atoms with van der Waals surface area (Å²) in [6, 6.07) is 1.26. The Bertz CT molecular complexity index is 501. The molecule has 1 aromatic heterocycles. The Morgan fingerprint density at radius 2 is 2.06 bits per heavy atom. The molecule has 10 heteroatoms. The quantitative estimate of drug-likeness (QED) is 0.818. The molecule has 0 saturated carbocycles. The Morgan fingerprint density at radius 1 is 1.44 bits per heavy atom. The summed E-state index contributed by atoms with van der Waals surface area (Å²) < 4.78 is 51.0. The Kier molecular flexibility index (Phi) is 6.58. The van der Waals surface area contributed by atoms with E-state index in [0.717, 1.165) is 6.20 Å². The molecule has 0 aliphatic carbocycles. The van der Waals surface area contributed by atoms with Crippen molar-refractivity contribution in [1.82, 2.24) is 9.71 Å². The monoisotopic (exact) mass is 365 g/mol. The number of nitrogens with two attached hydrogens (primary N) is 1. The van der Waals surface area contributed by atoms with Crippen LogP contribution in [0, 0.1) is 0 Å². The number of aromatic nitrogens is 1. The van der Waals surface area contributed by atoms with Crippen LogP contribution in [0.2, 0.25) is 0 Å². The van der Waals surface area contributed by atoms with Crippen molar-refractivity contribution < 1.29 is 17.2 Å². The molecule has 18 heavy (non-hydrogen) atoms. The molecule has 0 fully saturated rings. The summed E-state index contributed by atoms with van der Waals surface area (Å²) >= 11 is 3.04. The molecular weight excluding hydrogens is 356 g/mol. The molecule has 0 aromatic carbocycles. The second-order valence-corrected chi connectivity index (χ2v) is 5.91. The van der Waals surface area contributed by atoms with Gasteiger partial charge in [0.1, 0.15) is 4.90 Å². The predicted octanol–water partition coefficient (Wildman–Crippen LogP) is 1.14. The highest BCUT2D eigenvalue weighted by Gasteiger charge is 2.29. The van der Waals surface area contributed by atoms with E-state index in [1.54, 1.807) is 4.72 Å². The first-order valence-electron chi connectivity index (χ1n) is 4.45. The summed E-state index contributed by atoms with van der Waals surface area (Å²) in [5, 5.41) is 0. The highest BCUT2D eigenvalue weighted by molar-refractivity contribution is 9.10. The molecule has 0 amide bonds. The zero-order valence-electron chi connectivity index (χ0n) is 8.94. The molecule has 1 rings (SSSR count). The van der Waals surface area contributed by atoms with Gasteiger partial charge in [-0.1, -0.05) is 0 Å². The van der Waals surface area contributed by atoms with Crippen LogP contribution >= 0.6 is 28.3 Å². The van der Waals surface area contributed by atoms with Crippen LogP contribution in [0.1, 0.15) is 0 Å². The van der Waals surface area contributed by atoms with Gasteiger partial charge in [-0.3, -0.25) is 4.98 Å². The lowest BCUT2D eigenvalue weighted by molar-refractivity contribution is 0.0170. The van der Waals surface area contributed by atoms with E-state index < -0.39 is 29.0 Å². The van der Waals surface area contributed by atoms with E-state index in [1.165, 1.54) is 12.3 Å². The van der Waals surface area contributed by atoms with Crippen LogP contribution in [0.25, 0.3) is 0 Å². The molecule has 1 aromatic rings. The third-order valence-electron chi connectivity index (χ3n) is 1.81. The van der Waals surface area contributed by atoms with Gasteiger partial charge in [0, 0.05) is 16.9 Å². The number of nitrogens with one attached hydrogen (secondary N) is 1. The van der Waals surface area contributed by atoms with Crippen molar-refractivity contribution in [3.05, 3.63) is 22.9 Å². The van der Waals surface area contributed by atoms with Crippen LogP contribution in [-0.2, 0) is 10.0 Å². The molecule has 0 saturated heterocycles. The topological polar surface area (TPSA) is 85.1 Å². The molecule has 0 aliphatic rings. The van der Waals surface area contributed by atoms with E-state index in [0.29, 0.717) is 4.47 Å². The lowest BCUT2D eigenvalue weighted by atomic mass is 10.3. The summed E-state index contributed by atoms with van der Waals surface area (Å²) in [5.74, 6) is -3.27. The summed E-state index contributed by atoms with van der Waals surface area (Å²) in [6.45, 7) is -1.97. The number of alkyl halides is 2. The summed E-state index contributed by atoms with van der Waals surface area (Å²) in [7, 11) is -4.00. The Balaban J connectivity index is 0.00000289. The first-order valence-corrected chi connectivity index (χ1v) is 6.72. The van der Waals surface area contributed by atoms with Crippen molar-refractivity contribution in [2.45, 2.75) is 10.8 Å². The van der Waals surface area contributed by atoms with Gasteiger partial charge in [0.05, 0.1) is 13.1 Å². The van der Waals surface area contributed by atoms with E-state index in [-0.39, 0.29) is 17.3 Å². The molecule has 0 radical (unpaired) electrons. The minimum Gasteiger partial charge on any atom is -0.325 e. The van der Waals surface area contributed by atoms with Crippen molar-refractivity contribution >= 4 is 38.4 Å². The highest BCUT2D eigenvalue weighted by atomic mass is 79.9.